The maximum Gasteiger partial charge on any atom is 0.328 e. The summed E-state index contributed by atoms with van der Waals surface area (Å²) in [5.41, 5.74) is 1.71. The van der Waals surface area contributed by atoms with Crippen molar-refractivity contribution in [2.24, 2.45) is 5.92 Å². The summed E-state index contributed by atoms with van der Waals surface area (Å²) in [6, 6.07) is 10.3. The number of rotatable bonds is 7. The standard InChI is InChI=1S/C21H26N4O5/c1-15-21(25(28)29)16(2)24(22-15)13-20(27)30-14-19(26)23-10-8-18(9-11-23)12-17-6-4-3-5-7-17/h3-7,18H,8-14H2,1-2H3. The largest absolute Gasteiger partial charge is 0.454 e. The number of benzene rings is 1. The summed E-state index contributed by atoms with van der Waals surface area (Å²) in [4.78, 5) is 36.7. The van der Waals surface area contributed by atoms with Crippen LogP contribution in [0.3, 0.4) is 0 Å². The lowest BCUT2D eigenvalue weighted by atomic mass is 9.90. The second-order valence-corrected chi connectivity index (χ2v) is 7.61. The summed E-state index contributed by atoms with van der Waals surface area (Å²) in [6.45, 7) is 3.74. The first-order valence-electron chi connectivity index (χ1n) is 10.0. The van der Waals surface area contributed by atoms with Crippen molar-refractivity contribution in [3.63, 3.8) is 0 Å². The molecule has 1 aromatic carbocycles. The Bertz CT molecular complexity index is 917. The van der Waals surface area contributed by atoms with Crippen molar-refractivity contribution in [1.29, 1.82) is 0 Å². The number of piperidine rings is 1. The summed E-state index contributed by atoms with van der Waals surface area (Å²) in [5, 5.41) is 15.1. The number of hydrogen-bond donors (Lipinski definition) is 0. The van der Waals surface area contributed by atoms with Crippen molar-refractivity contribution in [3.8, 4) is 0 Å². The van der Waals surface area contributed by atoms with E-state index in [0.29, 0.717) is 19.0 Å². The zero-order valence-electron chi connectivity index (χ0n) is 17.2. The fourth-order valence-corrected chi connectivity index (χ4v) is 3.84. The Morgan fingerprint density at radius 1 is 1.20 bits per heavy atom. The highest BCUT2D eigenvalue weighted by atomic mass is 16.6. The van der Waals surface area contributed by atoms with Crippen LogP contribution in [-0.2, 0) is 27.3 Å². The van der Waals surface area contributed by atoms with Crippen molar-refractivity contribution < 1.29 is 19.2 Å². The maximum absolute atomic E-state index is 12.4. The summed E-state index contributed by atoms with van der Waals surface area (Å²) < 4.78 is 6.32. The Kier molecular flexibility index (Phi) is 6.81. The van der Waals surface area contributed by atoms with E-state index in [0.717, 1.165) is 19.3 Å². The van der Waals surface area contributed by atoms with Crippen molar-refractivity contribution in [2.45, 2.75) is 39.7 Å². The van der Waals surface area contributed by atoms with Gasteiger partial charge in [0.2, 0.25) is 0 Å². The summed E-state index contributed by atoms with van der Waals surface area (Å²) in [7, 11) is 0. The third kappa shape index (κ3) is 5.22. The lowest BCUT2D eigenvalue weighted by Gasteiger charge is -2.32. The zero-order chi connectivity index (χ0) is 21.7. The van der Waals surface area contributed by atoms with Gasteiger partial charge in [-0.3, -0.25) is 24.4 Å². The fraction of sp³-hybridized carbons (Fsp3) is 0.476. The Morgan fingerprint density at radius 3 is 2.47 bits per heavy atom. The Labute approximate surface area is 174 Å². The molecule has 1 fully saturated rings. The lowest BCUT2D eigenvalue weighted by molar-refractivity contribution is -0.386. The molecule has 3 rings (SSSR count). The fourth-order valence-electron chi connectivity index (χ4n) is 3.84. The lowest BCUT2D eigenvalue weighted by Crippen LogP contribution is -2.41. The van der Waals surface area contributed by atoms with Gasteiger partial charge in [-0.1, -0.05) is 30.3 Å². The highest BCUT2D eigenvalue weighted by Gasteiger charge is 2.25. The molecule has 30 heavy (non-hydrogen) atoms. The molecule has 0 bridgehead atoms. The van der Waals surface area contributed by atoms with Crippen molar-refractivity contribution in [2.75, 3.05) is 19.7 Å². The van der Waals surface area contributed by atoms with Gasteiger partial charge in [-0.15, -0.1) is 0 Å². The Hall–Kier alpha value is -3.23. The van der Waals surface area contributed by atoms with Gasteiger partial charge in [0.1, 0.15) is 17.9 Å². The first kappa shape index (κ1) is 21.5. The van der Waals surface area contributed by atoms with Crippen molar-refractivity contribution >= 4 is 17.6 Å². The van der Waals surface area contributed by atoms with Gasteiger partial charge in [0.05, 0.1) is 4.92 Å². The predicted octanol–water partition coefficient (Wildman–Crippen LogP) is 2.43. The van der Waals surface area contributed by atoms with Crippen LogP contribution in [0.2, 0.25) is 0 Å². The van der Waals surface area contributed by atoms with E-state index in [-0.39, 0.29) is 36.1 Å². The Morgan fingerprint density at radius 2 is 1.87 bits per heavy atom. The molecule has 0 saturated carbocycles. The Balaban J connectivity index is 1.43. The number of esters is 1. The number of likely N-dealkylation sites (tertiary alicyclic amines) is 1. The van der Waals surface area contributed by atoms with Gasteiger partial charge in [-0.2, -0.15) is 5.10 Å². The average Bonchev–Trinajstić information content (AvgIpc) is 3.00. The second-order valence-electron chi connectivity index (χ2n) is 7.61. The van der Waals surface area contributed by atoms with E-state index in [1.54, 1.807) is 4.90 Å². The van der Waals surface area contributed by atoms with Gasteiger partial charge >= 0.3 is 11.7 Å². The van der Waals surface area contributed by atoms with Crippen LogP contribution in [0.25, 0.3) is 0 Å². The van der Waals surface area contributed by atoms with Gasteiger partial charge in [-0.25, -0.2) is 0 Å². The minimum Gasteiger partial charge on any atom is -0.454 e. The molecule has 0 atom stereocenters. The first-order chi connectivity index (χ1) is 14.3. The van der Waals surface area contributed by atoms with E-state index in [9.17, 15) is 19.7 Å². The molecule has 1 saturated heterocycles. The molecule has 0 spiro atoms. The van der Waals surface area contributed by atoms with Crippen molar-refractivity contribution in [3.05, 3.63) is 57.4 Å². The molecule has 0 unspecified atom stereocenters. The molecule has 1 aliphatic heterocycles. The molecule has 0 radical (unpaired) electrons. The van der Waals surface area contributed by atoms with Gasteiger partial charge in [0, 0.05) is 13.1 Å². The van der Waals surface area contributed by atoms with Crippen LogP contribution in [-0.4, -0.2) is 51.2 Å². The number of hydrogen-bond acceptors (Lipinski definition) is 6. The molecule has 0 N–H and O–H groups in total. The van der Waals surface area contributed by atoms with E-state index >= 15 is 0 Å². The van der Waals surface area contributed by atoms with E-state index in [1.807, 2.05) is 18.2 Å². The molecule has 9 heteroatoms. The normalized spacial score (nSPS) is 14.5. The van der Waals surface area contributed by atoms with E-state index < -0.39 is 10.9 Å². The quantitative estimate of drug-likeness (QED) is 0.391. The molecule has 1 amide bonds. The number of ether oxygens (including phenoxy) is 1. The van der Waals surface area contributed by atoms with Crippen LogP contribution in [0.4, 0.5) is 5.69 Å². The number of nitro groups is 1. The third-order valence-electron chi connectivity index (χ3n) is 5.50. The SMILES string of the molecule is Cc1nn(CC(=O)OCC(=O)N2CCC(Cc3ccccc3)CC2)c(C)c1[N+](=O)[O-]. The molecule has 1 aromatic heterocycles. The zero-order valence-corrected chi connectivity index (χ0v) is 17.2. The van der Waals surface area contributed by atoms with Gasteiger partial charge < -0.3 is 9.64 Å². The molecule has 2 aromatic rings. The maximum atomic E-state index is 12.4. The van der Waals surface area contributed by atoms with Gasteiger partial charge in [0.25, 0.3) is 5.91 Å². The van der Waals surface area contributed by atoms with Crippen LogP contribution >= 0.6 is 0 Å². The van der Waals surface area contributed by atoms with Crippen LogP contribution in [0.15, 0.2) is 30.3 Å². The molecule has 0 aliphatic carbocycles. The van der Waals surface area contributed by atoms with Crippen LogP contribution in [0.5, 0.6) is 0 Å². The van der Waals surface area contributed by atoms with Crippen molar-refractivity contribution in [1.82, 2.24) is 14.7 Å². The van der Waals surface area contributed by atoms with E-state index in [1.165, 1.54) is 24.1 Å². The summed E-state index contributed by atoms with van der Waals surface area (Å²) in [6.07, 6.45) is 2.85. The van der Waals surface area contributed by atoms with Gasteiger partial charge in [-0.05, 0) is 44.6 Å². The minimum atomic E-state index is -0.650. The van der Waals surface area contributed by atoms with Crippen LogP contribution < -0.4 is 0 Å². The average molecular weight is 414 g/mol. The number of nitrogens with zero attached hydrogens (tertiary/aromatic N) is 4. The molecular weight excluding hydrogens is 388 g/mol. The molecule has 2 heterocycles. The molecule has 9 nitrogen and oxygen atoms in total. The first-order valence-corrected chi connectivity index (χ1v) is 10.0. The molecule has 1 aliphatic rings. The highest BCUT2D eigenvalue weighted by Crippen LogP contribution is 2.23. The summed E-state index contributed by atoms with van der Waals surface area (Å²) in [5.74, 6) is -0.329. The van der Waals surface area contributed by atoms with E-state index in [2.05, 4.69) is 17.2 Å². The van der Waals surface area contributed by atoms with Crippen LogP contribution in [0.1, 0.15) is 29.8 Å². The number of aryl methyl sites for hydroxylation is 1. The van der Waals surface area contributed by atoms with Gasteiger partial charge in [0.15, 0.2) is 6.61 Å². The number of aromatic nitrogens is 2. The molecule has 160 valence electrons. The predicted molar refractivity (Wildman–Crippen MR) is 109 cm³/mol. The smallest absolute Gasteiger partial charge is 0.328 e. The monoisotopic (exact) mass is 414 g/mol. The number of carbonyl (C=O) groups is 2. The highest BCUT2D eigenvalue weighted by molar-refractivity contribution is 5.80. The summed E-state index contributed by atoms with van der Waals surface area (Å²) >= 11 is 0. The number of amides is 1. The minimum absolute atomic E-state index is 0.114. The second kappa shape index (κ2) is 9.51. The number of carbonyl (C=O) groups excluding carboxylic acids is 2. The molecular formula is C21H26N4O5. The topological polar surface area (TPSA) is 108 Å². The van der Waals surface area contributed by atoms with Crippen LogP contribution in [0, 0.1) is 29.9 Å². The third-order valence-corrected chi connectivity index (χ3v) is 5.50. The van der Waals surface area contributed by atoms with E-state index in [4.69, 9.17) is 4.74 Å².